The minimum atomic E-state index is -4.19. The average molecular weight is 694 g/mol. The van der Waals surface area contributed by atoms with Gasteiger partial charge in [-0.2, -0.15) is 13.2 Å². The Labute approximate surface area is 285 Å². The zero-order valence-electron chi connectivity index (χ0n) is 30.7. The van der Waals surface area contributed by atoms with Gasteiger partial charge in [-0.05, 0) is 85.6 Å². The zero-order valence-corrected chi connectivity index (χ0v) is 30.7. The van der Waals surface area contributed by atoms with Gasteiger partial charge < -0.3 is 43.3 Å². The highest BCUT2D eigenvalue weighted by Crippen LogP contribution is 2.53. The molecule has 5 heterocycles. The molecule has 48 heavy (non-hydrogen) atoms. The summed E-state index contributed by atoms with van der Waals surface area (Å²) in [6, 6.07) is -0.0822. The van der Waals surface area contributed by atoms with E-state index in [2.05, 4.69) is 46.6 Å². The highest BCUT2D eigenvalue weighted by Gasteiger charge is 2.64. The van der Waals surface area contributed by atoms with E-state index in [1.165, 1.54) is 4.90 Å². The summed E-state index contributed by atoms with van der Waals surface area (Å²) < 4.78 is 77.8. The Balaban J connectivity index is 1.39. The van der Waals surface area contributed by atoms with Crippen molar-refractivity contribution in [2.24, 2.45) is 23.2 Å². The van der Waals surface area contributed by atoms with Gasteiger partial charge >= 0.3 is 6.18 Å². The predicted molar refractivity (Wildman–Crippen MR) is 174 cm³/mol. The number of halogens is 3. The lowest BCUT2D eigenvalue weighted by atomic mass is 9.76. The van der Waals surface area contributed by atoms with Crippen molar-refractivity contribution in [3.05, 3.63) is 0 Å². The number of rotatable bonds is 6. The van der Waals surface area contributed by atoms with Crippen LogP contribution in [0.3, 0.4) is 0 Å². The summed E-state index contributed by atoms with van der Waals surface area (Å²) in [6.07, 6.45) is -4.34. The maximum absolute atomic E-state index is 13.1. The molecule has 0 saturated carbocycles. The van der Waals surface area contributed by atoms with Crippen LogP contribution in [0.5, 0.6) is 0 Å². The number of alkyl halides is 3. The average Bonchev–Trinajstić information content (AvgIpc) is 3.91. The summed E-state index contributed by atoms with van der Waals surface area (Å²) in [5.74, 6) is 0.275. The van der Waals surface area contributed by atoms with E-state index in [-0.39, 0.29) is 66.0 Å². The molecule has 0 spiro atoms. The first-order valence-corrected chi connectivity index (χ1v) is 18.0. The van der Waals surface area contributed by atoms with Crippen molar-refractivity contribution in [2.75, 3.05) is 61.0 Å². The third-order valence-corrected chi connectivity index (χ3v) is 12.0. The van der Waals surface area contributed by atoms with Crippen LogP contribution in [0.1, 0.15) is 67.2 Å². The standard InChI is InChI=1S/C35H62F3N3O7/c1-20-16-34(6,43-10)28(47-31-26(42)24(39(7)8)15-21(2)45-31)22(3)27-29(46-27)33(4,5)30-32(48-30)44-18-25(40(9)17-20)23-11-13-41(14-12-23)19-35(36,37)38/h20-32,42H,11-19H2,1-10H3/t20-,21-,22+,24+,25+,26-,27?,28-,29?,30?,31+,32?,34-/m1/s1. The van der Waals surface area contributed by atoms with E-state index in [4.69, 9.17) is 28.4 Å². The van der Waals surface area contributed by atoms with Crippen LogP contribution in [-0.4, -0.2) is 154 Å². The van der Waals surface area contributed by atoms with Gasteiger partial charge in [-0.1, -0.05) is 27.7 Å². The Hall–Kier alpha value is -0.610. The van der Waals surface area contributed by atoms with Crippen molar-refractivity contribution in [3.8, 4) is 0 Å². The van der Waals surface area contributed by atoms with E-state index >= 15 is 0 Å². The molecular weight excluding hydrogens is 631 g/mol. The molecule has 280 valence electrons. The summed E-state index contributed by atoms with van der Waals surface area (Å²) in [5, 5.41) is 11.4. The molecule has 0 aromatic heterocycles. The molecule has 5 fully saturated rings. The SMILES string of the molecule is CO[C@]1(C)C[C@@H](C)CN(C)[C@H](C2CCN(CC(F)(F)F)CC2)COC2OC2C(C)(C)C2OC2[C@H](C)[C@H]1O[C@@H]1O[C@H](C)C[C@H](N(C)C)[C@H]1O. The first-order chi connectivity index (χ1) is 22.3. The number of piperidine rings is 1. The molecule has 0 aromatic rings. The van der Waals surface area contributed by atoms with Gasteiger partial charge in [-0.25, -0.2) is 0 Å². The lowest BCUT2D eigenvalue weighted by Crippen LogP contribution is -2.58. The summed E-state index contributed by atoms with van der Waals surface area (Å²) in [7, 11) is 7.75. The Morgan fingerprint density at radius 2 is 1.67 bits per heavy atom. The summed E-state index contributed by atoms with van der Waals surface area (Å²) in [6.45, 7) is 13.9. The van der Waals surface area contributed by atoms with E-state index in [1.54, 1.807) is 7.11 Å². The molecule has 0 bridgehead atoms. The van der Waals surface area contributed by atoms with Crippen LogP contribution < -0.4 is 0 Å². The fourth-order valence-electron chi connectivity index (χ4n) is 9.10. The first-order valence-electron chi connectivity index (χ1n) is 18.0. The van der Waals surface area contributed by atoms with Crippen LogP contribution in [0.2, 0.25) is 0 Å². The van der Waals surface area contributed by atoms with Gasteiger partial charge in [0.25, 0.3) is 0 Å². The molecule has 5 aliphatic rings. The minimum absolute atomic E-state index is 0.0264. The summed E-state index contributed by atoms with van der Waals surface area (Å²) >= 11 is 0. The highest BCUT2D eigenvalue weighted by atomic mass is 19.4. The molecule has 1 N–H and O–H groups in total. The molecule has 5 saturated heterocycles. The molecule has 0 aliphatic carbocycles. The van der Waals surface area contributed by atoms with E-state index in [9.17, 15) is 18.3 Å². The number of likely N-dealkylation sites (N-methyl/N-ethyl adjacent to an activating group) is 2. The minimum Gasteiger partial charge on any atom is -0.386 e. The smallest absolute Gasteiger partial charge is 0.386 e. The molecule has 4 unspecified atom stereocenters. The van der Waals surface area contributed by atoms with Crippen LogP contribution >= 0.6 is 0 Å². The summed E-state index contributed by atoms with van der Waals surface area (Å²) in [5.41, 5.74) is -1.08. The van der Waals surface area contributed by atoms with Gasteiger partial charge in [-0.3, -0.25) is 4.90 Å². The molecule has 0 amide bonds. The zero-order chi connectivity index (χ0) is 35.3. The number of aliphatic hydroxyl groups is 1. The monoisotopic (exact) mass is 693 g/mol. The van der Waals surface area contributed by atoms with Crippen LogP contribution in [0.15, 0.2) is 0 Å². The number of hydrogen-bond acceptors (Lipinski definition) is 10. The Kier molecular flexibility index (Phi) is 11.9. The van der Waals surface area contributed by atoms with Crippen LogP contribution in [0, 0.1) is 23.2 Å². The number of nitrogens with zero attached hydrogens (tertiary/aromatic N) is 3. The molecule has 0 aromatic carbocycles. The molecule has 0 radical (unpaired) electrons. The molecule has 5 rings (SSSR count). The van der Waals surface area contributed by atoms with Gasteiger partial charge in [0.15, 0.2) is 12.6 Å². The number of epoxide rings is 2. The van der Waals surface area contributed by atoms with E-state index < -0.39 is 36.8 Å². The van der Waals surface area contributed by atoms with Crippen molar-refractivity contribution in [1.82, 2.24) is 14.7 Å². The second-order valence-electron chi connectivity index (χ2n) is 16.7. The van der Waals surface area contributed by atoms with Crippen LogP contribution in [-0.2, 0) is 28.4 Å². The number of fused-ring (bicyclic) bond motifs is 2. The van der Waals surface area contributed by atoms with Crippen molar-refractivity contribution >= 4 is 0 Å². The van der Waals surface area contributed by atoms with Gasteiger partial charge in [0.2, 0.25) is 0 Å². The molecule has 13 atom stereocenters. The number of ether oxygens (including phenoxy) is 6. The largest absolute Gasteiger partial charge is 0.401 e. The second kappa shape index (κ2) is 14.8. The topological polar surface area (TPSA) is 91.9 Å². The molecule has 10 nitrogen and oxygen atoms in total. The Morgan fingerprint density at radius 3 is 2.27 bits per heavy atom. The van der Waals surface area contributed by atoms with Gasteiger partial charge in [-0.15, -0.1) is 0 Å². The third-order valence-electron chi connectivity index (χ3n) is 12.0. The van der Waals surface area contributed by atoms with Crippen molar-refractivity contribution in [2.45, 2.75) is 140 Å². The van der Waals surface area contributed by atoms with Gasteiger partial charge in [0.05, 0.1) is 43.2 Å². The molecule has 5 aliphatic heterocycles. The fraction of sp³-hybridized carbons (Fsp3) is 1.00. The third kappa shape index (κ3) is 8.70. The van der Waals surface area contributed by atoms with E-state index in [0.717, 1.165) is 6.54 Å². The number of methoxy groups -OCH3 is 1. The van der Waals surface area contributed by atoms with Crippen molar-refractivity contribution in [3.63, 3.8) is 0 Å². The first kappa shape index (κ1) is 38.6. The van der Waals surface area contributed by atoms with E-state index in [1.807, 2.05) is 25.9 Å². The number of hydrogen-bond donors (Lipinski definition) is 1. The highest BCUT2D eigenvalue weighted by molar-refractivity contribution is 5.09. The molecular formula is C35H62F3N3O7. The maximum Gasteiger partial charge on any atom is 0.401 e. The van der Waals surface area contributed by atoms with Crippen LogP contribution in [0.25, 0.3) is 0 Å². The molecule has 13 heteroatoms. The van der Waals surface area contributed by atoms with Gasteiger partial charge in [0, 0.05) is 37.1 Å². The fourth-order valence-corrected chi connectivity index (χ4v) is 9.10. The number of likely N-dealkylation sites (tertiary alicyclic amines) is 1. The normalized spacial score (nSPS) is 45.6. The Bertz CT molecular complexity index is 1060. The van der Waals surface area contributed by atoms with Gasteiger partial charge in [0.1, 0.15) is 12.2 Å². The Morgan fingerprint density at radius 1 is 1.00 bits per heavy atom. The van der Waals surface area contributed by atoms with Crippen LogP contribution in [0.4, 0.5) is 13.2 Å². The van der Waals surface area contributed by atoms with Crippen molar-refractivity contribution < 1.29 is 46.7 Å². The van der Waals surface area contributed by atoms with Crippen molar-refractivity contribution in [1.29, 1.82) is 0 Å². The second-order valence-corrected chi connectivity index (χ2v) is 16.7. The summed E-state index contributed by atoms with van der Waals surface area (Å²) in [4.78, 5) is 5.87. The lowest BCUT2D eigenvalue weighted by molar-refractivity contribution is -0.297. The van der Waals surface area contributed by atoms with E-state index in [0.29, 0.717) is 45.4 Å². The predicted octanol–water partition coefficient (Wildman–Crippen LogP) is 3.99. The quantitative estimate of drug-likeness (QED) is 0.412. The lowest BCUT2D eigenvalue weighted by Gasteiger charge is -2.47. The maximum atomic E-state index is 13.1. The number of aliphatic hydroxyl groups excluding tert-OH is 1.